The Morgan fingerprint density at radius 1 is 1.05 bits per heavy atom. The maximum absolute atomic E-state index is 4.88. The largest absolute Gasteiger partial charge is 0.324 e. The van der Waals surface area contributed by atoms with Gasteiger partial charge in [-0.05, 0) is 31.0 Å². The SMILES string of the molecule is CC1CCN(Cc2ccccc2)Cc2nc3ccccc3n21. The first-order valence-electron chi connectivity index (χ1n) is 8.03. The topological polar surface area (TPSA) is 21.1 Å². The van der Waals surface area contributed by atoms with Gasteiger partial charge in [-0.1, -0.05) is 42.5 Å². The molecule has 1 atom stereocenters. The average molecular weight is 291 g/mol. The summed E-state index contributed by atoms with van der Waals surface area (Å²) in [6.07, 6.45) is 1.17. The standard InChI is InChI=1S/C19H21N3/c1-15-11-12-21(13-16-7-3-2-4-8-16)14-19-20-17-9-5-6-10-18(17)22(15)19/h2-10,15H,11-14H2,1H3. The van der Waals surface area contributed by atoms with E-state index in [1.165, 1.54) is 23.3 Å². The van der Waals surface area contributed by atoms with Gasteiger partial charge in [0.2, 0.25) is 0 Å². The fourth-order valence-corrected chi connectivity index (χ4v) is 3.45. The van der Waals surface area contributed by atoms with Crippen molar-refractivity contribution in [2.24, 2.45) is 0 Å². The fraction of sp³-hybridized carbons (Fsp3) is 0.316. The predicted octanol–water partition coefficient (Wildman–Crippen LogP) is 4.00. The van der Waals surface area contributed by atoms with Crippen molar-refractivity contribution in [2.45, 2.75) is 32.5 Å². The van der Waals surface area contributed by atoms with Crippen molar-refractivity contribution in [3.63, 3.8) is 0 Å². The number of para-hydroxylation sites is 2. The Balaban J connectivity index is 1.67. The molecule has 0 spiro atoms. The van der Waals surface area contributed by atoms with Crippen LogP contribution < -0.4 is 0 Å². The summed E-state index contributed by atoms with van der Waals surface area (Å²) in [5.74, 6) is 1.20. The molecule has 1 aromatic heterocycles. The summed E-state index contributed by atoms with van der Waals surface area (Å²) >= 11 is 0. The summed E-state index contributed by atoms with van der Waals surface area (Å²) in [7, 11) is 0. The third-order valence-corrected chi connectivity index (χ3v) is 4.59. The molecule has 1 unspecified atom stereocenters. The van der Waals surface area contributed by atoms with Crippen LogP contribution in [0.25, 0.3) is 11.0 Å². The number of nitrogens with zero attached hydrogens (tertiary/aromatic N) is 3. The van der Waals surface area contributed by atoms with Crippen molar-refractivity contribution >= 4 is 11.0 Å². The van der Waals surface area contributed by atoms with Gasteiger partial charge in [-0.15, -0.1) is 0 Å². The number of hydrogen-bond donors (Lipinski definition) is 0. The maximum atomic E-state index is 4.88. The Kier molecular flexibility index (Phi) is 3.43. The van der Waals surface area contributed by atoms with Gasteiger partial charge in [-0.2, -0.15) is 0 Å². The van der Waals surface area contributed by atoms with Gasteiger partial charge in [0.25, 0.3) is 0 Å². The number of rotatable bonds is 2. The molecule has 3 heteroatoms. The van der Waals surface area contributed by atoms with E-state index in [0.29, 0.717) is 6.04 Å². The van der Waals surface area contributed by atoms with Gasteiger partial charge < -0.3 is 4.57 Å². The quantitative estimate of drug-likeness (QED) is 0.711. The second-order valence-electron chi connectivity index (χ2n) is 6.22. The van der Waals surface area contributed by atoms with Crippen LogP contribution >= 0.6 is 0 Å². The van der Waals surface area contributed by atoms with Crippen molar-refractivity contribution in [3.8, 4) is 0 Å². The van der Waals surface area contributed by atoms with Crippen molar-refractivity contribution < 1.29 is 0 Å². The molecule has 3 nitrogen and oxygen atoms in total. The van der Waals surface area contributed by atoms with E-state index < -0.39 is 0 Å². The Labute approximate surface area is 131 Å². The first-order chi connectivity index (χ1) is 10.8. The normalized spacial score (nSPS) is 19.0. The number of fused-ring (bicyclic) bond motifs is 3. The molecule has 1 aliphatic heterocycles. The highest BCUT2D eigenvalue weighted by Crippen LogP contribution is 2.27. The van der Waals surface area contributed by atoms with E-state index in [-0.39, 0.29) is 0 Å². The van der Waals surface area contributed by atoms with Gasteiger partial charge >= 0.3 is 0 Å². The highest BCUT2D eigenvalue weighted by Gasteiger charge is 2.22. The van der Waals surface area contributed by atoms with Crippen LogP contribution in [0.3, 0.4) is 0 Å². The van der Waals surface area contributed by atoms with E-state index in [1.807, 2.05) is 0 Å². The fourth-order valence-electron chi connectivity index (χ4n) is 3.45. The minimum atomic E-state index is 0.503. The third kappa shape index (κ3) is 2.42. The van der Waals surface area contributed by atoms with Crippen molar-refractivity contribution in [2.75, 3.05) is 6.54 Å². The molecular weight excluding hydrogens is 270 g/mol. The summed E-state index contributed by atoms with van der Waals surface area (Å²) < 4.78 is 2.43. The molecule has 112 valence electrons. The zero-order valence-corrected chi connectivity index (χ0v) is 12.9. The van der Waals surface area contributed by atoms with Crippen LogP contribution in [0.4, 0.5) is 0 Å². The smallest absolute Gasteiger partial charge is 0.124 e. The number of imidazole rings is 1. The molecule has 1 aliphatic rings. The van der Waals surface area contributed by atoms with E-state index in [2.05, 4.69) is 71.0 Å². The van der Waals surface area contributed by atoms with Crippen molar-refractivity contribution in [1.82, 2.24) is 14.5 Å². The van der Waals surface area contributed by atoms with Gasteiger partial charge in [-0.3, -0.25) is 4.90 Å². The van der Waals surface area contributed by atoms with Gasteiger partial charge in [0, 0.05) is 19.1 Å². The van der Waals surface area contributed by atoms with E-state index in [4.69, 9.17) is 4.98 Å². The minimum absolute atomic E-state index is 0.503. The molecule has 0 N–H and O–H groups in total. The Hall–Kier alpha value is -2.13. The lowest BCUT2D eigenvalue weighted by Crippen LogP contribution is -2.23. The molecular formula is C19H21N3. The van der Waals surface area contributed by atoms with Crippen LogP contribution in [-0.4, -0.2) is 21.0 Å². The van der Waals surface area contributed by atoms with E-state index in [9.17, 15) is 0 Å². The van der Waals surface area contributed by atoms with Crippen LogP contribution in [-0.2, 0) is 13.1 Å². The summed E-state index contributed by atoms with van der Waals surface area (Å²) in [5, 5.41) is 0. The molecule has 2 aromatic carbocycles. The highest BCUT2D eigenvalue weighted by atomic mass is 15.2. The van der Waals surface area contributed by atoms with Crippen molar-refractivity contribution in [1.29, 1.82) is 0 Å². The van der Waals surface area contributed by atoms with Crippen LogP contribution in [0, 0.1) is 0 Å². The summed E-state index contributed by atoms with van der Waals surface area (Å²) in [5.41, 5.74) is 3.76. The molecule has 0 bridgehead atoms. The molecule has 0 aliphatic carbocycles. The van der Waals surface area contributed by atoms with Gasteiger partial charge in [0.15, 0.2) is 0 Å². The van der Waals surface area contributed by atoms with E-state index in [1.54, 1.807) is 0 Å². The van der Waals surface area contributed by atoms with Crippen LogP contribution in [0.15, 0.2) is 54.6 Å². The Bertz CT molecular complexity index is 776. The Morgan fingerprint density at radius 2 is 1.82 bits per heavy atom. The first kappa shape index (κ1) is 13.5. The minimum Gasteiger partial charge on any atom is -0.324 e. The molecule has 0 saturated carbocycles. The molecule has 0 radical (unpaired) electrons. The summed E-state index contributed by atoms with van der Waals surface area (Å²) in [6.45, 7) is 5.35. The number of hydrogen-bond acceptors (Lipinski definition) is 2. The second-order valence-corrected chi connectivity index (χ2v) is 6.22. The van der Waals surface area contributed by atoms with Crippen molar-refractivity contribution in [3.05, 3.63) is 66.0 Å². The van der Waals surface area contributed by atoms with E-state index in [0.717, 1.165) is 25.2 Å². The Morgan fingerprint density at radius 3 is 2.68 bits per heavy atom. The van der Waals surface area contributed by atoms with Gasteiger partial charge in [-0.25, -0.2) is 4.98 Å². The third-order valence-electron chi connectivity index (χ3n) is 4.59. The molecule has 22 heavy (non-hydrogen) atoms. The maximum Gasteiger partial charge on any atom is 0.124 e. The van der Waals surface area contributed by atoms with Gasteiger partial charge in [0.05, 0.1) is 17.6 Å². The number of benzene rings is 2. The van der Waals surface area contributed by atoms with Crippen LogP contribution in [0.5, 0.6) is 0 Å². The predicted molar refractivity (Wildman–Crippen MR) is 89.6 cm³/mol. The molecule has 0 amide bonds. The monoisotopic (exact) mass is 291 g/mol. The lowest BCUT2D eigenvalue weighted by atomic mass is 10.2. The van der Waals surface area contributed by atoms with Crippen LogP contribution in [0.1, 0.15) is 30.8 Å². The van der Waals surface area contributed by atoms with E-state index >= 15 is 0 Å². The second kappa shape index (κ2) is 5.58. The van der Waals surface area contributed by atoms with Gasteiger partial charge in [0.1, 0.15) is 5.82 Å². The summed E-state index contributed by atoms with van der Waals surface area (Å²) in [4.78, 5) is 7.39. The molecule has 3 aromatic rings. The lowest BCUT2D eigenvalue weighted by Gasteiger charge is -2.19. The zero-order chi connectivity index (χ0) is 14.9. The number of aromatic nitrogens is 2. The zero-order valence-electron chi connectivity index (χ0n) is 12.9. The van der Waals surface area contributed by atoms with Crippen LogP contribution in [0.2, 0.25) is 0 Å². The average Bonchev–Trinajstić information content (AvgIpc) is 2.83. The highest BCUT2D eigenvalue weighted by molar-refractivity contribution is 5.76. The molecule has 0 fully saturated rings. The molecule has 4 rings (SSSR count). The molecule has 2 heterocycles. The molecule has 0 saturated heterocycles. The first-order valence-corrected chi connectivity index (χ1v) is 8.03. The lowest BCUT2D eigenvalue weighted by molar-refractivity contribution is 0.255. The summed E-state index contributed by atoms with van der Waals surface area (Å²) in [6, 6.07) is 19.7.